The molecule has 2 N–H and O–H groups in total. The van der Waals surface area contributed by atoms with Gasteiger partial charge in [0.15, 0.2) is 0 Å². The Morgan fingerprint density at radius 1 is 1.29 bits per heavy atom. The monoisotopic (exact) mass is 309 g/mol. The van der Waals surface area contributed by atoms with Gasteiger partial charge in [0.25, 0.3) is 0 Å². The van der Waals surface area contributed by atoms with E-state index in [2.05, 4.69) is 15.9 Å². The number of carbonyl (C=O) groups is 1. The van der Waals surface area contributed by atoms with Crippen molar-refractivity contribution in [2.24, 2.45) is 0 Å². The van der Waals surface area contributed by atoms with E-state index in [-0.39, 0.29) is 5.78 Å². The van der Waals surface area contributed by atoms with Crippen molar-refractivity contribution in [2.45, 2.75) is 13.8 Å². The number of hydrogen-bond acceptors (Lipinski definition) is 3. The molecule has 2 aromatic rings. The number of carbonyl (C=O) groups excluding carboxylic acids is 1. The normalized spacial score (nSPS) is 10.5. The number of hydrogen-bond donors (Lipinski definition) is 1. The van der Waals surface area contributed by atoms with Gasteiger partial charge in [-0.15, -0.1) is 11.3 Å². The van der Waals surface area contributed by atoms with E-state index in [1.807, 2.05) is 19.9 Å². The Kier molecular flexibility index (Phi) is 3.35. The predicted octanol–water partition coefficient (Wildman–Crippen LogP) is 3.94. The lowest BCUT2D eigenvalue weighted by Gasteiger charge is -2.03. The number of rotatable bonds is 2. The standard InChI is InChI=1S/C13H12BrNOS/c1-7-5-8(2)17-13(7)12(16)9-3-4-10(14)11(15)6-9/h3-6H,15H2,1-2H3. The fourth-order valence-corrected chi connectivity index (χ4v) is 2.92. The molecule has 0 aliphatic heterocycles. The van der Waals surface area contributed by atoms with Crippen molar-refractivity contribution in [1.29, 1.82) is 0 Å². The summed E-state index contributed by atoms with van der Waals surface area (Å²) in [5.41, 5.74) is 8.03. The lowest BCUT2D eigenvalue weighted by atomic mass is 10.1. The van der Waals surface area contributed by atoms with Gasteiger partial charge in [-0.05, 0) is 59.6 Å². The molecule has 0 fully saturated rings. The van der Waals surface area contributed by atoms with Gasteiger partial charge in [0.05, 0.1) is 4.88 Å². The summed E-state index contributed by atoms with van der Waals surface area (Å²) in [6.45, 7) is 3.96. The van der Waals surface area contributed by atoms with Crippen LogP contribution >= 0.6 is 27.3 Å². The molecule has 0 bridgehead atoms. The molecule has 2 nitrogen and oxygen atoms in total. The second-order valence-electron chi connectivity index (χ2n) is 3.93. The van der Waals surface area contributed by atoms with Crippen LogP contribution in [0.2, 0.25) is 0 Å². The number of nitrogen functional groups attached to an aromatic ring is 1. The molecule has 0 atom stereocenters. The summed E-state index contributed by atoms with van der Waals surface area (Å²) in [5.74, 6) is 0.0415. The molecule has 0 aliphatic rings. The highest BCUT2D eigenvalue weighted by Crippen LogP contribution is 2.26. The highest BCUT2D eigenvalue weighted by atomic mass is 79.9. The van der Waals surface area contributed by atoms with E-state index in [4.69, 9.17) is 5.73 Å². The molecule has 0 spiro atoms. The first-order valence-corrected chi connectivity index (χ1v) is 6.76. The first-order valence-electron chi connectivity index (χ1n) is 5.16. The van der Waals surface area contributed by atoms with Crippen LogP contribution in [0, 0.1) is 13.8 Å². The van der Waals surface area contributed by atoms with Gasteiger partial charge in [-0.3, -0.25) is 4.79 Å². The molecule has 4 heteroatoms. The largest absolute Gasteiger partial charge is 0.398 e. The van der Waals surface area contributed by atoms with Gasteiger partial charge in [0.2, 0.25) is 5.78 Å². The minimum atomic E-state index is 0.0415. The van der Waals surface area contributed by atoms with Crippen molar-refractivity contribution >= 4 is 38.7 Å². The van der Waals surface area contributed by atoms with Crippen molar-refractivity contribution in [1.82, 2.24) is 0 Å². The van der Waals surface area contributed by atoms with Crippen LogP contribution in [0.3, 0.4) is 0 Å². The van der Waals surface area contributed by atoms with Crippen LogP contribution in [0.5, 0.6) is 0 Å². The van der Waals surface area contributed by atoms with Crippen molar-refractivity contribution < 1.29 is 4.79 Å². The van der Waals surface area contributed by atoms with E-state index >= 15 is 0 Å². The molecule has 1 aromatic carbocycles. The van der Waals surface area contributed by atoms with E-state index in [9.17, 15) is 4.79 Å². The summed E-state index contributed by atoms with van der Waals surface area (Å²) in [4.78, 5) is 14.2. The zero-order valence-electron chi connectivity index (χ0n) is 9.58. The van der Waals surface area contributed by atoms with Crippen LogP contribution in [0.25, 0.3) is 0 Å². The lowest BCUT2D eigenvalue weighted by Crippen LogP contribution is -2.01. The molecule has 0 saturated heterocycles. The molecular formula is C13H12BrNOS. The van der Waals surface area contributed by atoms with Crippen molar-refractivity contribution in [3.63, 3.8) is 0 Å². The number of nitrogens with two attached hydrogens (primary N) is 1. The second-order valence-corrected chi connectivity index (χ2v) is 6.05. The summed E-state index contributed by atoms with van der Waals surface area (Å²) in [6.07, 6.45) is 0. The van der Waals surface area contributed by atoms with Gasteiger partial charge in [-0.1, -0.05) is 0 Å². The SMILES string of the molecule is Cc1cc(C)c(C(=O)c2ccc(Br)c(N)c2)s1. The van der Waals surface area contributed by atoms with Gasteiger partial charge < -0.3 is 5.73 Å². The Morgan fingerprint density at radius 2 is 2.00 bits per heavy atom. The van der Waals surface area contributed by atoms with E-state index in [0.29, 0.717) is 11.3 Å². The number of halogens is 1. The van der Waals surface area contributed by atoms with Crippen molar-refractivity contribution in [3.8, 4) is 0 Å². The lowest BCUT2D eigenvalue weighted by molar-refractivity contribution is 0.104. The molecule has 0 radical (unpaired) electrons. The number of benzene rings is 1. The summed E-state index contributed by atoms with van der Waals surface area (Å²) >= 11 is 4.84. The molecule has 17 heavy (non-hydrogen) atoms. The molecule has 0 aliphatic carbocycles. The van der Waals surface area contributed by atoms with Crippen LogP contribution in [0.4, 0.5) is 5.69 Å². The van der Waals surface area contributed by atoms with Gasteiger partial charge in [0.1, 0.15) is 0 Å². The van der Waals surface area contributed by atoms with Crippen LogP contribution in [0.1, 0.15) is 25.7 Å². The van der Waals surface area contributed by atoms with E-state index in [0.717, 1.165) is 19.8 Å². The zero-order chi connectivity index (χ0) is 12.6. The van der Waals surface area contributed by atoms with E-state index < -0.39 is 0 Å². The highest BCUT2D eigenvalue weighted by molar-refractivity contribution is 9.10. The van der Waals surface area contributed by atoms with Crippen LogP contribution in [0.15, 0.2) is 28.7 Å². The topological polar surface area (TPSA) is 43.1 Å². The number of aryl methyl sites for hydroxylation is 2. The minimum absolute atomic E-state index is 0.0415. The summed E-state index contributed by atoms with van der Waals surface area (Å²) in [5, 5.41) is 0. The van der Waals surface area contributed by atoms with Crippen molar-refractivity contribution in [3.05, 3.63) is 49.6 Å². The second kappa shape index (κ2) is 4.63. The molecule has 1 aromatic heterocycles. The number of thiophene rings is 1. The molecule has 0 saturated carbocycles. The third-order valence-electron chi connectivity index (χ3n) is 2.51. The Balaban J connectivity index is 2.44. The average molecular weight is 310 g/mol. The maximum atomic E-state index is 12.3. The Hall–Kier alpha value is -1.13. The zero-order valence-corrected chi connectivity index (χ0v) is 12.0. The smallest absolute Gasteiger partial charge is 0.203 e. The number of ketones is 1. The van der Waals surface area contributed by atoms with E-state index in [1.165, 1.54) is 11.3 Å². The maximum absolute atomic E-state index is 12.3. The highest BCUT2D eigenvalue weighted by Gasteiger charge is 2.15. The van der Waals surface area contributed by atoms with Crippen molar-refractivity contribution in [2.75, 3.05) is 5.73 Å². The summed E-state index contributed by atoms with van der Waals surface area (Å²) in [7, 11) is 0. The average Bonchev–Trinajstić information content (AvgIpc) is 2.61. The number of anilines is 1. The molecule has 2 rings (SSSR count). The quantitative estimate of drug-likeness (QED) is 0.674. The predicted molar refractivity (Wildman–Crippen MR) is 75.8 cm³/mol. The minimum Gasteiger partial charge on any atom is -0.398 e. The van der Waals surface area contributed by atoms with Crippen LogP contribution < -0.4 is 5.73 Å². The van der Waals surface area contributed by atoms with Crippen LogP contribution in [-0.4, -0.2) is 5.78 Å². The van der Waals surface area contributed by atoms with Gasteiger partial charge in [-0.25, -0.2) is 0 Å². The fraction of sp³-hybridized carbons (Fsp3) is 0.154. The first-order chi connectivity index (χ1) is 7.99. The first kappa shape index (κ1) is 12.3. The molecule has 88 valence electrons. The molecular weight excluding hydrogens is 298 g/mol. The van der Waals surface area contributed by atoms with Gasteiger partial charge in [-0.2, -0.15) is 0 Å². The van der Waals surface area contributed by atoms with E-state index in [1.54, 1.807) is 18.2 Å². The molecule has 1 heterocycles. The van der Waals surface area contributed by atoms with Gasteiger partial charge in [0, 0.05) is 20.6 Å². The Bertz CT molecular complexity index is 589. The maximum Gasteiger partial charge on any atom is 0.203 e. The van der Waals surface area contributed by atoms with Gasteiger partial charge >= 0.3 is 0 Å². The Morgan fingerprint density at radius 3 is 2.53 bits per heavy atom. The molecule has 0 amide bonds. The Labute approximate surface area is 113 Å². The fourth-order valence-electron chi connectivity index (χ4n) is 1.68. The molecule has 0 unspecified atom stereocenters. The summed E-state index contributed by atoms with van der Waals surface area (Å²) < 4.78 is 0.813. The third-order valence-corrected chi connectivity index (χ3v) is 4.38. The van der Waals surface area contributed by atoms with Crippen LogP contribution in [-0.2, 0) is 0 Å². The summed E-state index contributed by atoms with van der Waals surface area (Å²) in [6, 6.07) is 7.33. The third kappa shape index (κ3) is 2.42.